The predicted molar refractivity (Wildman–Crippen MR) is 65.3 cm³/mol. The van der Waals surface area contributed by atoms with Crippen molar-refractivity contribution in [2.24, 2.45) is 0 Å². The van der Waals surface area contributed by atoms with Crippen LogP contribution in [0.15, 0.2) is 24.3 Å². The maximum absolute atomic E-state index is 12.1. The van der Waals surface area contributed by atoms with Gasteiger partial charge in [0.05, 0.1) is 11.9 Å². The van der Waals surface area contributed by atoms with Gasteiger partial charge < -0.3 is 10.0 Å². The number of aromatic nitrogens is 2. The van der Waals surface area contributed by atoms with Crippen LogP contribution in [0, 0.1) is 0 Å². The smallest absolute Gasteiger partial charge is 0.305 e. The molecule has 0 bridgehead atoms. The Balaban J connectivity index is 2.20. The first kappa shape index (κ1) is 12.1. The maximum atomic E-state index is 12.1. The van der Waals surface area contributed by atoms with Gasteiger partial charge in [-0.25, -0.2) is 0 Å². The van der Waals surface area contributed by atoms with E-state index in [1.165, 1.54) is 4.90 Å². The van der Waals surface area contributed by atoms with E-state index in [9.17, 15) is 9.59 Å². The summed E-state index contributed by atoms with van der Waals surface area (Å²) in [5.41, 5.74) is 1.10. The first-order chi connectivity index (χ1) is 8.59. The number of amides is 1. The monoisotopic (exact) mass is 247 g/mol. The van der Waals surface area contributed by atoms with E-state index in [1.807, 2.05) is 18.2 Å². The van der Waals surface area contributed by atoms with Gasteiger partial charge >= 0.3 is 5.97 Å². The van der Waals surface area contributed by atoms with E-state index in [1.54, 1.807) is 13.1 Å². The van der Waals surface area contributed by atoms with Gasteiger partial charge in [0.2, 0.25) is 0 Å². The molecule has 2 aromatic rings. The highest BCUT2D eigenvalue weighted by Gasteiger charge is 2.18. The standard InChI is InChI=1S/C12H13N3O3/c1-15(7-6-10(16)17)12(18)11-8-4-2-3-5-9(8)13-14-11/h2-5H,6-7H2,1H3,(H,13,14)(H,16,17). The van der Waals surface area contributed by atoms with Crippen LogP contribution in [0.25, 0.3) is 10.9 Å². The summed E-state index contributed by atoms with van der Waals surface area (Å²) in [4.78, 5) is 23.9. The van der Waals surface area contributed by atoms with Crippen molar-refractivity contribution in [2.75, 3.05) is 13.6 Å². The zero-order valence-corrected chi connectivity index (χ0v) is 9.88. The molecule has 1 heterocycles. The summed E-state index contributed by atoms with van der Waals surface area (Å²) in [7, 11) is 1.56. The number of carboxylic acids is 1. The minimum Gasteiger partial charge on any atom is -0.481 e. The molecule has 2 rings (SSSR count). The molecule has 0 fully saturated rings. The van der Waals surface area contributed by atoms with Gasteiger partial charge in [-0.05, 0) is 6.07 Å². The van der Waals surface area contributed by atoms with Crippen LogP contribution in [0.4, 0.5) is 0 Å². The van der Waals surface area contributed by atoms with Crippen LogP contribution in [0.2, 0.25) is 0 Å². The Labute approximate surface area is 103 Å². The number of aromatic amines is 1. The summed E-state index contributed by atoms with van der Waals surface area (Å²) >= 11 is 0. The maximum Gasteiger partial charge on any atom is 0.305 e. The molecule has 0 spiro atoms. The first-order valence-corrected chi connectivity index (χ1v) is 5.50. The average molecular weight is 247 g/mol. The summed E-state index contributed by atoms with van der Waals surface area (Å²) in [6, 6.07) is 7.31. The summed E-state index contributed by atoms with van der Waals surface area (Å²) in [6.45, 7) is 0.162. The predicted octanol–water partition coefficient (Wildman–Crippen LogP) is 1.11. The molecule has 2 N–H and O–H groups in total. The van der Waals surface area contributed by atoms with Gasteiger partial charge in [0, 0.05) is 19.0 Å². The second kappa shape index (κ2) is 4.87. The Morgan fingerprint density at radius 1 is 1.39 bits per heavy atom. The lowest BCUT2D eigenvalue weighted by Gasteiger charge is -2.14. The topological polar surface area (TPSA) is 86.3 Å². The Bertz CT molecular complexity index is 591. The fourth-order valence-electron chi connectivity index (χ4n) is 1.67. The number of carbonyl (C=O) groups excluding carboxylic acids is 1. The van der Waals surface area contributed by atoms with Gasteiger partial charge in [-0.3, -0.25) is 14.7 Å². The van der Waals surface area contributed by atoms with Crippen molar-refractivity contribution in [1.29, 1.82) is 0 Å². The molecule has 0 saturated heterocycles. The highest BCUT2D eigenvalue weighted by Crippen LogP contribution is 2.16. The molecule has 0 atom stereocenters. The first-order valence-electron chi connectivity index (χ1n) is 5.50. The fraction of sp³-hybridized carbons (Fsp3) is 0.250. The third-order valence-corrected chi connectivity index (χ3v) is 2.68. The highest BCUT2D eigenvalue weighted by molar-refractivity contribution is 6.04. The van der Waals surface area contributed by atoms with E-state index < -0.39 is 5.97 Å². The second-order valence-electron chi connectivity index (χ2n) is 3.99. The van der Waals surface area contributed by atoms with Gasteiger partial charge in [-0.2, -0.15) is 5.10 Å². The molecule has 1 aromatic heterocycles. The Morgan fingerprint density at radius 3 is 2.83 bits per heavy atom. The molecule has 18 heavy (non-hydrogen) atoms. The van der Waals surface area contributed by atoms with Crippen LogP contribution < -0.4 is 0 Å². The van der Waals surface area contributed by atoms with Crippen molar-refractivity contribution >= 4 is 22.8 Å². The van der Waals surface area contributed by atoms with Crippen molar-refractivity contribution in [1.82, 2.24) is 15.1 Å². The number of carbonyl (C=O) groups is 2. The number of H-pyrrole nitrogens is 1. The Morgan fingerprint density at radius 2 is 2.11 bits per heavy atom. The number of nitrogens with one attached hydrogen (secondary N) is 1. The molecule has 6 heteroatoms. The fourth-order valence-corrected chi connectivity index (χ4v) is 1.67. The van der Waals surface area contributed by atoms with Gasteiger partial charge in [0.25, 0.3) is 5.91 Å². The number of benzene rings is 1. The molecule has 0 unspecified atom stereocenters. The van der Waals surface area contributed by atoms with Gasteiger partial charge in [0.1, 0.15) is 0 Å². The van der Waals surface area contributed by atoms with Gasteiger partial charge in [0.15, 0.2) is 5.69 Å². The number of para-hydroxylation sites is 1. The molecule has 0 aliphatic carbocycles. The van der Waals surface area contributed by atoms with Crippen LogP contribution in [-0.4, -0.2) is 45.7 Å². The van der Waals surface area contributed by atoms with Gasteiger partial charge in [-0.1, -0.05) is 18.2 Å². The summed E-state index contributed by atoms with van der Waals surface area (Å²) in [6.07, 6.45) is -0.0788. The molecular formula is C12H13N3O3. The summed E-state index contributed by atoms with van der Waals surface area (Å²) < 4.78 is 0. The van der Waals surface area contributed by atoms with Gasteiger partial charge in [-0.15, -0.1) is 0 Å². The van der Waals surface area contributed by atoms with E-state index in [0.717, 1.165) is 10.9 Å². The van der Waals surface area contributed by atoms with Crippen LogP contribution in [-0.2, 0) is 4.79 Å². The Kier molecular flexibility index (Phi) is 3.27. The molecule has 0 aliphatic heterocycles. The van der Waals surface area contributed by atoms with Crippen LogP contribution in [0.1, 0.15) is 16.9 Å². The van der Waals surface area contributed by atoms with Crippen LogP contribution in [0.3, 0.4) is 0 Å². The molecular weight excluding hydrogens is 234 g/mol. The minimum atomic E-state index is -0.929. The quantitative estimate of drug-likeness (QED) is 0.847. The van der Waals surface area contributed by atoms with E-state index in [4.69, 9.17) is 5.11 Å². The SMILES string of the molecule is CN(CCC(=O)O)C(=O)c1n[nH]c2ccccc12. The largest absolute Gasteiger partial charge is 0.481 e. The van der Waals surface area contributed by atoms with E-state index in [0.29, 0.717) is 5.69 Å². The number of fused-ring (bicyclic) bond motifs is 1. The number of hydrogen-bond donors (Lipinski definition) is 2. The Hall–Kier alpha value is -2.37. The molecule has 1 aromatic carbocycles. The molecule has 0 aliphatic rings. The molecule has 0 saturated carbocycles. The third-order valence-electron chi connectivity index (χ3n) is 2.68. The number of carboxylic acid groups (broad SMARTS) is 1. The van der Waals surface area contributed by atoms with E-state index in [2.05, 4.69) is 10.2 Å². The third kappa shape index (κ3) is 2.32. The van der Waals surface area contributed by atoms with E-state index in [-0.39, 0.29) is 18.9 Å². The summed E-state index contributed by atoms with van der Waals surface area (Å²) in [5, 5.41) is 16.1. The van der Waals surface area contributed by atoms with Crippen molar-refractivity contribution < 1.29 is 14.7 Å². The molecule has 0 radical (unpaired) electrons. The molecule has 6 nitrogen and oxygen atoms in total. The lowest BCUT2D eigenvalue weighted by molar-refractivity contribution is -0.137. The zero-order chi connectivity index (χ0) is 13.1. The lowest BCUT2D eigenvalue weighted by atomic mass is 10.2. The van der Waals surface area contributed by atoms with Crippen LogP contribution in [0.5, 0.6) is 0 Å². The van der Waals surface area contributed by atoms with Crippen molar-refractivity contribution in [2.45, 2.75) is 6.42 Å². The minimum absolute atomic E-state index is 0.0788. The zero-order valence-electron chi connectivity index (χ0n) is 9.88. The second-order valence-corrected chi connectivity index (χ2v) is 3.99. The highest BCUT2D eigenvalue weighted by atomic mass is 16.4. The average Bonchev–Trinajstić information content (AvgIpc) is 2.78. The normalized spacial score (nSPS) is 10.5. The van der Waals surface area contributed by atoms with Crippen molar-refractivity contribution in [3.8, 4) is 0 Å². The van der Waals surface area contributed by atoms with Crippen molar-refractivity contribution in [3.63, 3.8) is 0 Å². The number of rotatable bonds is 4. The number of hydrogen-bond acceptors (Lipinski definition) is 3. The van der Waals surface area contributed by atoms with E-state index >= 15 is 0 Å². The summed E-state index contributed by atoms with van der Waals surface area (Å²) in [5.74, 6) is -1.21. The van der Waals surface area contributed by atoms with Crippen molar-refractivity contribution in [3.05, 3.63) is 30.0 Å². The lowest BCUT2D eigenvalue weighted by Crippen LogP contribution is -2.29. The number of aliphatic carboxylic acids is 1. The molecule has 1 amide bonds. The van der Waals surface area contributed by atoms with Crippen LogP contribution >= 0.6 is 0 Å². The number of nitrogens with zero attached hydrogens (tertiary/aromatic N) is 2. The molecule has 94 valence electrons.